The normalized spacial score (nSPS) is 9.83. The Bertz CT molecular complexity index is 560. The van der Waals surface area contributed by atoms with Crippen LogP contribution in [0, 0.1) is 11.8 Å². The molecule has 1 nitrogen and oxygen atoms in total. The Kier molecular flexibility index (Phi) is 4.67. The SMILES string of the molecule is CCCCC#CCOc1ccc2ccccc2c1. The Balaban J connectivity index is 1.93. The van der Waals surface area contributed by atoms with Crippen LogP contribution >= 0.6 is 0 Å². The van der Waals surface area contributed by atoms with Gasteiger partial charge in [-0.2, -0.15) is 0 Å². The van der Waals surface area contributed by atoms with Gasteiger partial charge >= 0.3 is 0 Å². The number of ether oxygens (including phenoxy) is 1. The maximum absolute atomic E-state index is 5.62. The Hall–Kier alpha value is -1.94. The van der Waals surface area contributed by atoms with Gasteiger partial charge in [0.05, 0.1) is 0 Å². The molecular formula is C17H18O. The summed E-state index contributed by atoms with van der Waals surface area (Å²) in [5.74, 6) is 7.05. The molecule has 0 saturated heterocycles. The van der Waals surface area contributed by atoms with Crippen LogP contribution in [0.1, 0.15) is 26.2 Å². The van der Waals surface area contributed by atoms with E-state index in [-0.39, 0.29) is 0 Å². The molecule has 0 atom stereocenters. The van der Waals surface area contributed by atoms with Crippen LogP contribution in [0.2, 0.25) is 0 Å². The van der Waals surface area contributed by atoms with Gasteiger partial charge in [-0.1, -0.05) is 55.5 Å². The zero-order valence-electron chi connectivity index (χ0n) is 10.8. The van der Waals surface area contributed by atoms with Crippen LogP contribution in [0.5, 0.6) is 5.75 Å². The molecule has 0 saturated carbocycles. The molecule has 18 heavy (non-hydrogen) atoms. The lowest BCUT2D eigenvalue weighted by atomic mass is 10.1. The smallest absolute Gasteiger partial charge is 0.149 e. The molecule has 92 valence electrons. The van der Waals surface area contributed by atoms with E-state index < -0.39 is 0 Å². The molecule has 0 bridgehead atoms. The Morgan fingerprint density at radius 3 is 2.67 bits per heavy atom. The first-order valence-corrected chi connectivity index (χ1v) is 6.47. The molecule has 2 rings (SSSR count). The van der Waals surface area contributed by atoms with Gasteiger partial charge in [0, 0.05) is 6.42 Å². The first-order valence-electron chi connectivity index (χ1n) is 6.47. The summed E-state index contributed by atoms with van der Waals surface area (Å²) in [6.07, 6.45) is 3.33. The van der Waals surface area contributed by atoms with Crippen molar-refractivity contribution in [1.29, 1.82) is 0 Å². The van der Waals surface area contributed by atoms with Crippen molar-refractivity contribution in [2.75, 3.05) is 6.61 Å². The molecule has 2 aromatic carbocycles. The van der Waals surface area contributed by atoms with Crippen molar-refractivity contribution in [3.8, 4) is 17.6 Å². The fraction of sp³-hybridized carbons (Fsp3) is 0.294. The van der Waals surface area contributed by atoms with Crippen molar-refractivity contribution in [2.24, 2.45) is 0 Å². The summed E-state index contributed by atoms with van der Waals surface area (Å²) >= 11 is 0. The highest BCUT2D eigenvalue weighted by molar-refractivity contribution is 5.83. The number of rotatable bonds is 4. The number of fused-ring (bicyclic) bond motifs is 1. The second-order valence-corrected chi connectivity index (χ2v) is 4.25. The Labute approximate surface area is 109 Å². The summed E-state index contributed by atoms with van der Waals surface area (Å²) < 4.78 is 5.62. The second kappa shape index (κ2) is 6.71. The zero-order valence-corrected chi connectivity index (χ0v) is 10.8. The van der Waals surface area contributed by atoms with Crippen molar-refractivity contribution >= 4 is 10.8 Å². The fourth-order valence-corrected chi connectivity index (χ4v) is 1.78. The summed E-state index contributed by atoms with van der Waals surface area (Å²) in [7, 11) is 0. The van der Waals surface area contributed by atoms with Gasteiger partial charge in [0.15, 0.2) is 0 Å². The van der Waals surface area contributed by atoms with Gasteiger partial charge in [0.2, 0.25) is 0 Å². The molecule has 0 fully saturated rings. The van der Waals surface area contributed by atoms with E-state index in [0.717, 1.165) is 12.2 Å². The minimum absolute atomic E-state index is 0.474. The van der Waals surface area contributed by atoms with Gasteiger partial charge in [0.25, 0.3) is 0 Å². The number of hydrogen-bond acceptors (Lipinski definition) is 1. The minimum Gasteiger partial charge on any atom is -0.481 e. The molecule has 0 heterocycles. The molecular weight excluding hydrogens is 220 g/mol. The van der Waals surface area contributed by atoms with Crippen LogP contribution in [0.3, 0.4) is 0 Å². The molecule has 0 unspecified atom stereocenters. The third-order valence-electron chi connectivity index (χ3n) is 2.81. The highest BCUT2D eigenvalue weighted by Gasteiger charge is 1.95. The molecule has 0 aromatic heterocycles. The van der Waals surface area contributed by atoms with Crippen molar-refractivity contribution in [2.45, 2.75) is 26.2 Å². The predicted molar refractivity (Wildman–Crippen MR) is 76.7 cm³/mol. The lowest BCUT2D eigenvalue weighted by molar-refractivity contribution is 0.370. The van der Waals surface area contributed by atoms with Gasteiger partial charge in [-0.05, 0) is 29.3 Å². The molecule has 0 aliphatic carbocycles. The fourth-order valence-electron chi connectivity index (χ4n) is 1.78. The quantitative estimate of drug-likeness (QED) is 0.566. The molecule has 0 aliphatic heterocycles. The summed E-state index contributed by atoms with van der Waals surface area (Å²) in [6, 6.07) is 14.4. The molecule has 0 aliphatic rings. The van der Waals surface area contributed by atoms with E-state index in [4.69, 9.17) is 4.74 Å². The minimum atomic E-state index is 0.474. The van der Waals surface area contributed by atoms with E-state index in [2.05, 4.69) is 43.0 Å². The standard InChI is InChI=1S/C17H18O/c1-2-3-4-5-8-13-18-17-12-11-15-9-6-7-10-16(15)14-17/h6-7,9-12,14H,2-4,13H2,1H3. The predicted octanol–water partition coefficient (Wildman–Crippen LogP) is 4.41. The summed E-state index contributed by atoms with van der Waals surface area (Å²) in [6.45, 7) is 2.65. The van der Waals surface area contributed by atoms with Crippen LogP contribution in [0.4, 0.5) is 0 Å². The summed E-state index contributed by atoms with van der Waals surface area (Å²) in [5.41, 5.74) is 0. The van der Waals surface area contributed by atoms with Crippen molar-refractivity contribution in [3.05, 3.63) is 42.5 Å². The van der Waals surface area contributed by atoms with Gasteiger partial charge < -0.3 is 4.74 Å². The molecule has 1 heteroatoms. The Morgan fingerprint density at radius 1 is 1.00 bits per heavy atom. The summed E-state index contributed by atoms with van der Waals surface area (Å²) in [4.78, 5) is 0. The summed E-state index contributed by atoms with van der Waals surface area (Å²) in [5, 5.41) is 2.44. The largest absolute Gasteiger partial charge is 0.481 e. The van der Waals surface area contributed by atoms with E-state index in [1.54, 1.807) is 0 Å². The highest BCUT2D eigenvalue weighted by atomic mass is 16.5. The van der Waals surface area contributed by atoms with Crippen molar-refractivity contribution < 1.29 is 4.74 Å². The number of benzene rings is 2. The average molecular weight is 238 g/mol. The van der Waals surface area contributed by atoms with Crippen LogP contribution in [0.15, 0.2) is 42.5 Å². The molecule has 2 aromatic rings. The first-order chi connectivity index (χ1) is 8.90. The highest BCUT2D eigenvalue weighted by Crippen LogP contribution is 2.20. The van der Waals surface area contributed by atoms with E-state index in [1.165, 1.54) is 23.6 Å². The maximum atomic E-state index is 5.62. The lowest BCUT2D eigenvalue weighted by Crippen LogP contribution is -1.93. The average Bonchev–Trinajstić information content (AvgIpc) is 2.42. The zero-order chi connectivity index (χ0) is 12.6. The third-order valence-corrected chi connectivity index (χ3v) is 2.81. The van der Waals surface area contributed by atoms with E-state index in [9.17, 15) is 0 Å². The molecule has 0 spiro atoms. The Morgan fingerprint density at radius 2 is 1.83 bits per heavy atom. The number of hydrogen-bond donors (Lipinski definition) is 0. The van der Waals surface area contributed by atoms with Gasteiger partial charge in [-0.15, -0.1) is 0 Å². The van der Waals surface area contributed by atoms with Crippen molar-refractivity contribution in [3.63, 3.8) is 0 Å². The molecule has 0 radical (unpaired) electrons. The van der Waals surface area contributed by atoms with Crippen molar-refractivity contribution in [1.82, 2.24) is 0 Å². The van der Waals surface area contributed by atoms with Crippen LogP contribution in [-0.4, -0.2) is 6.61 Å². The van der Waals surface area contributed by atoms with Crippen LogP contribution in [0.25, 0.3) is 10.8 Å². The lowest BCUT2D eigenvalue weighted by Gasteiger charge is -2.03. The third kappa shape index (κ3) is 3.53. The maximum Gasteiger partial charge on any atom is 0.149 e. The van der Waals surface area contributed by atoms with Crippen LogP contribution < -0.4 is 4.74 Å². The van der Waals surface area contributed by atoms with Gasteiger partial charge in [-0.25, -0.2) is 0 Å². The van der Waals surface area contributed by atoms with E-state index >= 15 is 0 Å². The molecule has 0 N–H and O–H groups in total. The second-order valence-electron chi connectivity index (χ2n) is 4.25. The monoisotopic (exact) mass is 238 g/mol. The van der Waals surface area contributed by atoms with Gasteiger partial charge in [-0.3, -0.25) is 0 Å². The topological polar surface area (TPSA) is 9.23 Å². The molecule has 0 amide bonds. The van der Waals surface area contributed by atoms with Crippen LogP contribution in [-0.2, 0) is 0 Å². The van der Waals surface area contributed by atoms with E-state index in [0.29, 0.717) is 6.61 Å². The van der Waals surface area contributed by atoms with Gasteiger partial charge in [0.1, 0.15) is 12.4 Å². The van der Waals surface area contributed by atoms with E-state index in [1.807, 2.05) is 18.2 Å². The first kappa shape index (κ1) is 12.5. The number of unbranched alkanes of at least 4 members (excludes halogenated alkanes) is 2.